The van der Waals surface area contributed by atoms with Crippen LogP contribution in [0.15, 0.2) is 11.5 Å². The fourth-order valence-corrected chi connectivity index (χ4v) is 0.376. The molecule has 0 radical (unpaired) electrons. The first kappa shape index (κ1) is 5.48. The summed E-state index contributed by atoms with van der Waals surface area (Å²) < 4.78 is 0. The van der Waals surface area contributed by atoms with E-state index in [1.54, 1.807) is 16.4 Å². The van der Waals surface area contributed by atoms with Crippen LogP contribution in [0.2, 0.25) is 0 Å². The van der Waals surface area contributed by atoms with E-state index in [-0.39, 0.29) is 0 Å². The van der Waals surface area contributed by atoms with Gasteiger partial charge in [-0.25, -0.2) is 0 Å². The molecule has 0 fully saturated rings. The van der Waals surface area contributed by atoms with Crippen LogP contribution in [0, 0.1) is 0 Å². The summed E-state index contributed by atoms with van der Waals surface area (Å²) in [5, 5.41) is 1.63. The molecule has 5 heavy (non-hydrogen) atoms. The maximum atomic E-state index is 3.75. The molecule has 0 saturated carbocycles. The first-order valence-electron chi connectivity index (χ1n) is 1.13. The molecule has 0 bridgehead atoms. The molecule has 2 heteroatoms. The van der Waals surface area contributed by atoms with E-state index in [2.05, 4.69) is 28.2 Å². The predicted octanol–water partition coefficient (Wildman–Crippen LogP) is 0.779. The molecule has 0 N–H and O–H groups in total. The van der Waals surface area contributed by atoms with Crippen molar-refractivity contribution in [1.29, 1.82) is 0 Å². The van der Waals surface area contributed by atoms with E-state index >= 15 is 0 Å². The van der Waals surface area contributed by atoms with Gasteiger partial charge >= 0.3 is 44.6 Å². The van der Waals surface area contributed by atoms with Crippen LogP contribution in [0.5, 0.6) is 0 Å². The molecule has 0 heterocycles. The summed E-state index contributed by atoms with van der Waals surface area (Å²) in [6, 6.07) is 0. The standard InChI is InChI=1S/C3H4S.Fe/c1-2-3-4;/h1-4H;/q;+1/b3-2-;. The van der Waals surface area contributed by atoms with Crippen LogP contribution in [-0.2, 0) is 15.6 Å². The van der Waals surface area contributed by atoms with Crippen LogP contribution in [0.3, 0.4) is 0 Å². The fraction of sp³-hybridized carbons (Fsp3) is 0. The Kier molecular flexibility index (Phi) is 4.91. The third-order valence-electron chi connectivity index (χ3n) is 0.154. The van der Waals surface area contributed by atoms with Crippen molar-refractivity contribution in [3.8, 4) is 0 Å². The molecule has 0 saturated heterocycles. The van der Waals surface area contributed by atoms with Gasteiger partial charge < -0.3 is 0 Å². The average Bonchev–Trinajstić information content (AvgIpc) is 1.41. The van der Waals surface area contributed by atoms with Crippen molar-refractivity contribution < 1.29 is 15.6 Å². The second-order valence-corrected chi connectivity index (χ2v) is 1.13. The van der Waals surface area contributed by atoms with Gasteiger partial charge in [-0.15, -0.1) is 0 Å². The molecule has 0 spiro atoms. The zero-order valence-electron chi connectivity index (χ0n) is 2.53. The van der Waals surface area contributed by atoms with Crippen LogP contribution >= 0.6 is 12.6 Å². The summed E-state index contributed by atoms with van der Waals surface area (Å²) in [5.74, 6) is 0. The quantitative estimate of drug-likeness (QED) is 0.391. The Morgan fingerprint density at radius 3 is 2.20 bits per heavy atom. The Balaban J connectivity index is 2.92. The SMILES string of the molecule is S/C=C\[CH]=[Fe+]. The second kappa shape index (κ2) is 4.48. The maximum absolute atomic E-state index is 3.75. The van der Waals surface area contributed by atoms with Gasteiger partial charge in [0.2, 0.25) is 0 Å². The van der Waals surface area contributed by atoms with E-state index in [9.17, 15) is 0 Å². The molecule has 0 amide bonds. The number of hydrogen-bond donors (Lipinski definition) is 1. The normalized spacial score (nSPS) is 9.00. The van der Waals surface area contributed by atoms with E-state index in [0.717, 1.165) is 0 Å². The topological polar surface area (TPSA) is 0 Å². The summed E-state index contributed by atoms with van der Waals surface area (Å²) in [4.78, 5) is 1.67. The minimum atomic E-state index is 1.63. The van der Waals surface area contributed by atoms with Crippen molar-refractivity contribution in [3.63, 3.8) is 0 Å². The third kappa shape index (κ3) is 4.48. The third-order valence-corrected chi connectivity index (χ3v) is 0.539. The van der Waals surface area contributed by atoms with Crippen LogP contribution < -0.4 is 0 Å². The molecule has 29 valence electrons. The van der Waals surface area contributed by atoms with Gasteiger partial charge in [0, 0.05) is 0 Å². The summed E-state index contributed by atoms with van der Waals surface area (Å²) >= 11 is 7.16. The number of allylic oxidation sites excluding steroid dienone is 1. The van der Waals surface area contributed by atoms with Gasteiger partial charge in [0.25, 0.3) is 0 Å². The van der Waals surface area contributed by atoms with Crippen molar-refractivity contribution in [1.82, 2.24) is 0 Å². The molecule has 0 nitrogen and oxygen atoms in total. The molecule has 0 aliphatic heterocycles. The Morgan fingerprint density at radius 2 is 2.20 bits per heavy atom. The average molecular weight is 128 g/mol. The second-order valence-electron chi connectivity index (χ2n) is 0.459. The zero-order chi connectivity index (χ0) is 4.12. The fourth-order valence-electron chi connectivity index (χ4n) is 0.0304. The molecular weight excluding hydrogens is 124 g/mol. The van der Waals surface area contributed by atoms with Crippen LogP contribution in [-0.4, -0.2) is 4.92 Å². The number of thiol groups is 1. The van der Waals surface area contributed by atoms with E-state index in [1.807, 2.05) is 0 Å². The zero-order valence-corrected chi connectivity index (χ0v) is 4.53. The Labute approximate surface area is 45.0 Å². The summed E-state index contributed by atoms with van der Waals surface area (Å²) in [7, 11) is 0. The summed E-state index contributed by atoms with van der Waals surface area (Å²) in [6.07, 6.45) is 1.75. The Bertz CT molecular complexity index is 48.9. The monoisotopic (exact) mass is 128 g/mol. The van der Waals surface area contributed by atoms with E-state index in [1.165, 1.54) is 0 Å². The van der Waals surface area contributed by atoms with Crippen molar-refractivity contribution in [3.05, 3.63) is 11.5 Å². The van der Waals surface area contributed by atoms with E-state index in [4.69, 9.17) is 0 Å². The van der Waals surface area contributed by atoms with E-state index < -0.39 is 0 Å². The van der Waals surface area contributed by atoms with Crippen molar-refractivity contribution in [2.45, 2.75) is 0 Å². The van der Waals surface area contributed by atoms with Gasteiger partial charge in [-0.1, -0.05) is 0 Å². The van der Waals surface area contributed by atoms with Gasteiger partial charge in [0.05, 0.1) is 0 Å². The molecule has 0 aromatic rings. The van der Waals surface area contributed by atoms with Gasteiger partial charge in [-0.05, 0) is 0 Å². The van der Waals surface area contributed by atoms with Crippen molar-refractivity contribution in [2.75, 3.05) is 0 Å². The first-order valence-corrected chi connectivity index (χ1v) is 2.28. The Morgan fingerprint density at radius 1 is 1.60 bits per heavy atom. The molecule has 0 aromatic carbocycles. The number of rotatable bonds is 1. The molecule has 0 aliphatic rings. The van der Waals surface area contributed by atoms with E-state index in [0.29, 0.717) is 0 Å². The Hall–Kier alpha value is 0.479. The van der Waals surface area contributed by atoms with Crippen molar-refractivity contribution >= 4 is 17.5 Å². The first-order chi connectivity index (χ1) is 2.41. The molecular formula is C3H4FeS+. The minimum absolute atomic E-state index is 1.63. The predicted molar refractivity (Wildman–Crippen MR) is 24.2 cm³/mol. The molecule has 0 unspecified atom stereocenters. The van der Waals surface area contributed by atoms with Crippen molar-refractivity contribution in [2.24, 2.45) is 0 Å². The molecule has 0 rings (SSSR count). The number of hydrogen-bond acceptors (Lipinski definition) is 1. The van der Waals surface area contributed by atoms with Gasteiger partial charge in [-0.3, -0.25) is 0 Å². The van der Waals surface area contributed by atoms with Gasteiger partial charge in [0.15, 0.2) is 0 Å². The van der Waals surface area contributed by atoms with Crippen LogP contribution in [0.4, 0.5) is 0 Å². The summed E-state index contributed by atoms with van der Waals surface area (Å²) in [5.41, 5.74) is 0. The molecule has 0 atom stereocenters. The van der Waals surface area contributed by atoms with Gasteiger partial charge in [0.1, 0.15) is 0 Å². The van der Waals surface area contributed by atoms with Crippen LogP contribution in [0.1, 0.15) is 0 Å². The summed E-state index contributed by atoms with van der Waals surface area (Å²) in [6.45, 7) is 0. The molecule has 0 aliphatic carbocycles. The molecule has 0 aromatic heterocycles. The van der Waals surface area contributed by atoms with Crippen LogP contribution in [0.25, 0.3) is 0 Å². The van der Waals surface area contributed by atoms with Gasteiger partial charge in [-0.2, -0.15) is 0 Å².